The average molecular weight is 367 g/mol. The van der Waals surface area contributed by atoms with Gasteiger partial charge in [0.1, 0.15) is 6.04 Å². The van der Waals surface area contributed by atoms with Gasteiger partial charge in [-0.05, 0) is 23.4 Å². The fraction of sp³-hybridized carbons (Fsp3) is 0.333. The van der Waals surface area contributed by atoms with Gasteiger partial charge < -0.3 is 19.1 Å². The number of hydrogen-bond donors (Lipinski definition) is 3. The zero-order chi connectivity index (χ0) is 17.6. The van der Waals surface area contributed by atoms with Crippen molar-refractivity contribution in [2.24, 2.45) is 0 Å². The summed E-state index contributed by atoms with van der Waals surface area (Å²) in [6.45, 7) is -3.40. The maximum absolute atomic E-state index is 12.0. The summed E-state index contributed by atoms with van der Waals surface area (Å²) in [5.74, 6) is -0.549. The predicted octanol–water partition coefficient (Wildman–Crippen LogP) is 1.99. The number of benzene rings is 1. The molecule has 0 saturated heterocycles. The number of esters is 1. The summed E-state index contributed by atoms with van der Waals surface area (Å²) in [6.07, 6.45) is 2.18. The summed E-state index contributed by atoms with van der Waals surface area (Å²) >= 11 is 5.00. The third kappa shape index (κ3) is 4.87. The summed E-state index contributed by atoms with van der Waals surface area (Å²) in [5, 5.41) is 12.2. The number of ether oxygens (including phenoxy) is 1. The van der Waals surface area contributed by atoms with E-state index < -0.39 is 18.7 Å². The first-order chi connectivity index (χ1) is 11.5. The Labute approximate surface area is 144 Å². The van der Waals surface area contributed by atoms with Gasteiger partial charge in [-0.2, -0.15) is 5.26 Å². The number of hydrogen-bond acceptors (Lipinski definition) is 5. The van der Waals surface area contributed by atoms with Gasteiger partial charge in [0.05, 0.1) is 26.2 Å². The number of H-pyrrole nitrogens is 1. The van der Waals surface area contributed by atoms with Gasteiger partial charge in [0, 0.05) is 23.5 Å². The van der Waals surface area contributed by atoms with E-state index >= 15 is 0 Å². The minimum Gasteiger partial charge on any atom is -0.468 e. The number of nitriles is 1. The monoisotopic (exact) mass is 367 g/mol. The Balaban J connectivity index is 2.15. The highest BCUT2D eigenvalue weighted by atomic mass is 32.5. The van der Waals surface area contributed by atoms with Crippen LogP contribution in [0.3, 0.4) is 0 Å². The molecule has 1 aromatic heterocycles. The zero-order valence-corrected chi connectivity index (χ0v) is 14.8. The van der Waals surface area contributed by atoms with Crippen LogP contribution in [0.1, 0.15) is 12.0 Å². The number of aromatic amines is 1. The van der Waals surface area contributed by atoms with Gasteiger partial charge >= 0.3 is 5.97 Å². The summed E-state index contributed by atoms with van der Waals surface area (Å²) in [6, 6.07) is 8.73. The fourth-order valence-electron chi connectivity index (χ4n) is 2.29. The highest BCUT2D eigenvalue weighted by Gasteiger charge is 2.27. The van der Waals surface area contributed by atoms with E-state index in [1.54, 1.807) is 6.20 Å². The molecule has 2 unspecified atom stereocenters. The van der Waals surface area contributed by atoms with Crippen molar-refractivity contribution in [1.82, 2.24) is 10.1 Å². The number of nitrogens with one attached hydrogen (secondary N) is 2. The second-order valence-electron chi connectivity index (χ2n) is 5.03. The van der Waals surface area contributed by atoms with Gasteiger partial charge in [-0.15, -0.1) is 0 Å². The van der Waals surface area contributed by atoms with Gasteiger partial charge in [-0.3, -0.25) is 4.79 Å². The lowest BCUT2D eigenvalue weighted by molar-refractivity contribution is -0.142. The van der Waals surface area contributed by atoms with Crippen LogP contribution in [0.25, 0.3) is 10.9 Å². The van der Waals surface area contributed by atoms with E-state index in [0.717, 1.165) is 16.5 Å². The molecule has 0 radical (unpaired) electrons. The molecule has 1 heterocycles. The van der Waals surface area contributed by atoms with Gasteiger partial charge in [-0.1, -0.05) is 18.2 Å². The highest BCUT2D eigenvalue weighted by molar-refractivity contribution is 8.08. The molecule has 0 saturated carbocycles. The van der Waals surface area contributed by atoms with Crippen LogP contribution in [0.15, 0.2) is 30.5 Å². The molecular weight excluding hydrogens is 349 g/mol. The van der Waals surface area contributed by atoms with E-state index in [0.29, 0.717) is 0 Å². The van der Waals surface area contributed by atoms with E-state index in [-0.39, 0.29) is 19.4 Å². The van der Waals surface area contributed by atoms with Crippen LogP contribution in [0.4, 0.5) is 0 Å². The normalized spacial score (nSPS) is 14.7. The molecular formula is C15H18N3O4PS. The Bertz CT molecular complexity index is 801. The molecule has 9 heteroatoms. The molecule has 128 valence electrons. The lowest BCUT2D eigenvalue weighted by Crippen LogP contribution is -2.37. The Morgan fingerprint density at radius 1 is 1.54 bits per heavy atom. The number of para-hydroxylation sites is 1. The van der Waals surface area contributed by atoms with Crippen LogP contribution in [0.5, 0.6) is 0 Å². The van der Waals surface area contributed by atoms with Crippen LogP contribution in [0.2, 0.25) is 0 Å². The van der Waals surface area contributed by atoms with Crippen molar-refractivity contribution in [3.8, 4) is 6.07 Å². The second kappa shape index (κ2) is 8.38. The molecule has 2 aromatic rings. The van der Waals surface area contributed by atoms with Crippen molar-refractivity contribution in [3.63, 3.8) is 0 Å². The van der Waals surface area contributed by atoms with Crippen LogP contribution >= 0.6 is 6.64 Å². The molecule has 0 aliphatic heterocycles. The lowest BCUT2D eigenvalue weighted by Gasteiger charge is -2.22. The predicted molar refractivity (Wildman–Crippen MR) is 93.6 cm³/mol. The van der Waals surface area contributed by atoms with Crippen molar-refractivity contribution in [2.45, 2.75) is 18.9 Å². The molecule has 0 spiro atoms. The maximum atomic E-state index is 12.0. The summed E-state index contributed by atoms with van der Waals surface area (Å²) in [7, 11) is 1.27. The van der Waals surface area contributed by atoms with Crippen LogP contribution < -0.4 is 5.09 Å². The number of nitrogens with zero attached hydrogens (tertiary/aromatic N) is 1. The molecule has 2 atom stereocenters. The smallest absolute Gasteiger partial charge is 0.323 e. The number of rotatable bonds is 8. The number of carbonyl (C=O) groups excluding carboxylic acids is 1. The average Bonchev–Trinajstić information content (AvgIpc) is 2.96. The van der Waals surface area contributed by atoms with E-state index in [2.05, 4.69) is 10.1 Å². The molecule has 3 N–H and O–H groups in total. The topological polar surface area (TPSA) is 107 Å². The number of carbonyl (C=O) groups is 1. The SMILES string of the molecule is COC(=O)C(Cc1c[nH]c2ccccc12)NP(O)(=S)OCCC#N. The highest BCUT2D eigenvalue weighted by Crippen LogP contribution is 2.38. The second-order valence-corrected chi connectivity index (χ2v) is 8.07. The summed E-state index contributed by atoms with van der Waals surface area (Å²) in [4.78, 5) is 25.3. The molecule has 0 bridgehead atoms. The van der Waals surface area contributed by atoms with Crippen molar-refractivity contribution < 1.29 is 18.9 Å². The molecule has 7 nitrogen and oxygen atoms in total. The molecule has 0 aliphatic rings. The number of aromatic nitrogens is 1. The van der Waals surface area contributed by atoms with E-state index in [9.17, 15) is 9.69 Å². The Hall–Kier alpha value is -1.75. The van der Waals surface area contributed by atoms with Gasteiger partial charge in [0.15, 0.2) is 0 Å². The number of methoxy groups -OCH3 is 1. The minimum absolute atomic E-state index is 0.00173. The first-order valence-corrected chi connectivity index (χ1v) is 9.89. The van der Waals surface area contributed by atoms with Crippen LogP contribution in [-0.4, -0.2) is 35.6 Å². The van der Waals surface area contributed by atoms with Gasteiger partial charge in [-0.25, -0.2) is 5.09 Å². The quantitative estimate of drug-likeness (QED) is 0.372. The standard InChI is InChI=1S/C15H18N3O4PS/c1-21-15(19)14(18-23(20,24)22-8-4-7-16)9-11-10-17-13-6-3-2-5-12(11)13/h2-3,5-6,10,14,17H,4,8-9H2,1H3,(H2,18,20,24). The third-order valence-corrected chi connectivity index (χ3v) is 5.19. The van der Waals surface area contributed by atoms with Crippen molar-refractivity contribution in [3.05, 3.63) is 36.0 Å². The summed E-state index contributed by atoms with van der Waals surface area (Å²) in [5.41, 5.74) is 1.84. The summed E-state index contributed by atoms with van der Waals surface area (Å²) < 4.78 is 9.92. The number of fused-ring (bicyclic) bond motifs is 1. The van der Waals surface area contributed by atoms with E-state index in [4.69, 9.17) is 26.3 Å². The molecule has 24 heavy (non-hydrogen) atoms. The van der Waals surface area contributed by atoms with Crippen molar-refractivity contribution in [1.29, 1.82) is 5.26 Å². The lowest BCUT2D eigenvalue weighted by atomic mass is 10.1. The Morgan fingerprint density at radius 3 is 3.00 bits per heavy atom. The van der Waals surface area contributed by atoms with Gasteiger partial charge in [0.25, 0.3) is 6.64 Å². The zero-order valence-electron chi connectivity index (χ0n) is 13.1. The molecule has 0 fully saturated rings. The molecule has 0 aliphatic carbocycles. The largest absolute Gasteiger partial charge is 0.468 e. The van der Waals surface area contributed by atoms with Gasteiger partial charge in [0.2, 0.25) is 0 Å². The minimum atomic E-state index is -3.40. The molecule has 0 amide bonds. The molecule has 1 aromatic carbocycles. The molecule has 2 rings (SSSR count). The first kappa shape index (κ1) is 18.6. The van der Waals surface area contributed by atoms with Crippen molar-refractivity contribution >= 4 is 35.3 Å². The van der Waals surface area contributed by atoms with E-state index in [1.165, 1.54) is 7.11 Å². The Morgan fingerprint density at radius 2 is 2.29 bits per heavy atom. The maximum Gasteiger partial charge on any atom is 0.323 e. The first-order valence-electron chi connectivity index (χ1n) is 7.21. The third-order valence-electron chi connectivity index (χ3n) is 3.38. The van der Waals surface area contributed by atoms with Crippen LogP contribution in [-0.2, 0) is 32.3 Å². The fourth-order valence-corrected chi connectivity index (χ4v) is 3.90. The van der Waals surface area contributed by atoms with Crippen molar-refractivity contribution in [2.75, 3.05) is 13.7 Å². The van der Waals surface area contributed by atoms with Crippen LogP contribution in [0, 0.1) is 11.3 Å². The van der Waals surface area contributed by atoms with E-state index in [1.807, 2.05) is 30.3 Å². The Kier molecular flexibility index (Phi) is 6.49.